The molecule has 0 fully saturated rings. The number of rotatable bonds is 13. The number of benzene rings is 4. The Kier molecular flexibility index (Phi) is 10.8. The van der Waals surface area contributed by atoms with Gasteiger partial charge in [0.1, 0.15) is 5.82 Å². The minimum Gasteiger partial charge on any atom is -0.478 e. The summed E-state index contributed by atoms with van der Waals surface area (Å²) in [5.74, 6) is 0.183. The molecule has 0 aliphatic heterocycles. The molecule has 50 heavy (non-hydrogen) atoms. The Hall–Kier alpha value is -5.54. The quantitative estimate of drug-likeness (QED) is 0.127. The number of hydrogen-bond acceptors (Lipinski definition) is 6. The number of thioether (sulfide) groups is 1. The first-order valence-corrected chi connectivity index (χ1v) is 17.6. The third-order valence-corrected chi connectivity index (χ3v) is 9.68. The van der Waals surface area contributed by atoms with E-state index >= 15 is 0 Å². The number of carboxylic acids is 1. The molecule has 6 aromatic rings. The van der Waals surface area contributed by atoms with Gasteiger partial charge in [-0.1, -0.05) is 91.5 Å². The van der Waals surface area contributed by atoms with E-state index in [0.29, 0.717) is 35.4 Å². The Balaban J connectivity index is 1.27. The zero-order valence-electron chi connectivity index (χ0n) is 28.0. The Bertz CT molecular complexity index is 2130. The van der Waals surface area contributed by atoms with Gasteiger partial charge in [-0.15, -0.1) is 0 Å². The van der Waals surface area contributed by atoms with E-state index in [0.717, 1.165) is 52.0 Å². The monoisotopic (exact) mass is 682 g/mol. The van der Waals surface area contributed by atoms with Crippen molar-refractivity contribution in [2.24, 2.45) is 0 Å². The highest BCUT2D eigenvalue weighted by Crippen LogP contribution is 2.27. The van der Waals surface area contributed by atoms with Crippen molar-refractivity contribution in [3.05, 3.63) is 155 Å². The predicted octanol–water partition coefficient (Wildman–Crippen LogP) is 8.02. The molecule has 0 bridgehead atoms. The number of pyridine rings is 1. The lowest BCUT2D eigenvalue weighted by atomic mass is 9.98. The smallest absolute Gasteiger partial charge is 0.336 e. The van der Waals surface area contributed by atoms with E-state index in [1.54, 1.807) is 36.7 Å². The van der Waals surface area contributed by atoms with E-state index in [9.17, 15) is 19.5 Å². The van der Waals surface area contributed by atoms with Gasteiger partial charge in [-0.25, -0.2) is 9.78 Å². The van der Waals surface area contributed by atoms with Crippen LogP contribution in [0.1, 0.15) is 66.9 Å². The van der Waals surface area contributed by atoms with Crippen LogP contribution in [0, 0.1) is 6.92 Å². The lowest BCUT2D eigenvalue weighted by Gasteiger charge is -2.19. The van der Waals surface area contributed by atoms with Gasteiger partial charge in [0.25, 0.3) is 5.91 Å². The van der Waals surface area contributed by atoms with Gasteiger partial charge in [0.15, 0.2) is 0 Å². The van der Waals surface area contributed by atoms with Crippen molar-refractivity contribution in [2.75, 3.05) is 5.75 Å². The van der Waals surface area contributed by atoms with Crippen LogP contribution >= 0.6 is 11.8 Å². The van der Waals surface area contributed by atoms with E-state index in [-0.39, 0.29) is 22.6 Å². The minimum absolute atomic E-state index is 0.0662. The maximum atomic E-state index is 13.9. The van der Waals surface area contributed by atoms with Crippen molar-refractivity contribution in [1.82, 2.24) is 19.9 Å². The number of nitrogens with one attached hydrogen (secondary N) is 1. The molecule has 2 N–H and O–H groups in total. The highest BCUT2D eigenvalue weighted by Gasteiger charge is 2.21. The van der Waals surface area contributed by atoms with Crippen molar-refractivity contribution >= 4 is 39.8 Å². The number of aryl methyl sites for hydroxylation is 2. The molecule has 0 saturated carbocycles. The first kappa shape index (κ1) is 34.3. The van der Waals surface area contributed by atoms with E-state index in [4.69, 9.17) is 4.98 Å². The van der Waals surface area contributed by atoms with Crippen LogP contribution in [0.15, 0.2) is 116 Å². The summed E-state index contributed by atoms with van der Waals surface area (Å²) in [6, 6.07) is 31.8. The van der Waals surface area contributed by atoms with Crippen LogP contribution in [-0.2, 0) is 19.4 Å². The normalized spacial score (nSPS) is 11.7. The molecule has 0 radical (unpaired) electrons. The van der Waals surface area contributed by atoms with Crippen LogP contribution in [0.2, 0.25) is 0 Å². The molecule has 0 spiro atoms. The first-order valence-electron chi connectivity index (χ1n) is 16.6. The highest BCUT2D eigenvalue weighted by molar-refractivity contribution is 8.14. The molecule has 1 unspecified atom stereocenters. The molecule has 4 aromatic carbocycles. The SMILES string of the molecule is CCCc1nc2c(C)cc(C(=O)NC(CSC(=O)c3ccncc3)Cc3ccccc3)cc2n1Cc1ccc(-c2ccccc2C(=O)O)cc1. The van der Waals surface area contributed by atoms with E-state index in [2.05, 4.69) is 21.8 Å². The van der Waals surface area contributed by atoms with Crippen molar-refractivity contribution in [3.63, 3.8) is 0 Å². The van der Waals surface area contributed by atoms with Gasteiger partial charge < -0.3 is 15.0 Å². The fourth-order valence-corrected chi connectivity index (χ4v) is 6.98. The molecule has 1 amide bonds. The topological polar surface area (TPSA) is 114 Å². The molecule has 6 rings (SSSR count). The van der Waals surface area contributed by atoms with Gasteiger partial charge in [-0.2, -0.15) is 0 Å². The fraction of sp³-hybridized carbons (Fsp3) is 0.195. The number of aromatic nitrogens is 3. The average Bonchev–Trinajstić information content (AvgIpc) is 3.48. The second-order valence-electron chi connectivity index (χ2n) is 12.3. The number of carboxylic acid groups (broad SMARTS) is 1. The number of aromatic carboxylic acids is 1. The summed E-state index contributed by atoms with van der Waals surface area (Å²) in [5.41, 5.74) is 7.61. The predicted molar refractivity (Wildman–Crippen MR) is 199 cm³/mol. The van der Waals surface area contributed by atoms with Crippen LogP contribution in [0.5, 0.6) is 0 Å². The second-order valence-corrected chi connectivity index (χ2v) is 13.3. The maximum absolute atomic E-state index is 13.9. The number of carbonyl (C=O) groups excluding carboxylic acids is 2. The molecule has 8 nitrogen and oxygen atoms in total. The number of fused-ring (bicyclic) bond motifs is 1. The zero-order chi connectivity index (χ0) is 35.0. The largest absolute Gasteiger partial charge is 0.478 e. The fourth-order valence-electron chi connectivity index (χ4n) is 6.12. The molecule has 2 heterocycles. The van der Waals surface area contributed by atoms with Gasteiger partial charge in [0, 0.05) is 48.3 Å². The summed E-state index contributed by atoms with van der Waals surface area (Å²) < 4.78 is 2.17. The van der Waals surface area contributed by atoms with E-state index in [1.165, 1.54) is 11.8 Å². The number of amides is 1. The molecule has 252 valence electrons. The lowest BCUT2D eigenvalue weighted by Crippen LogP contribution is -2.38. The summed E-state index contributed by atoms with van der Waals surface area (Å²) >= 11 is 1.19. The summed E-state index contributed by atoms with van der Waals surface area (Å²) in [6.45, 7) is 4.64. The van der Waals surface area contributed by atoms with E-state index in [1.807, 2.05) is 85.8 Å². The van der Waals surface area contributed by atoms with Gasteiger partial charge in [0.05, 0.1) is 16.6 Å². The third-order valence-electron chi connectivity index (χ3n) is 8.61. The van der Waals surface area contributed by atoms with E-state index < -0.39 is 5.97 Å². The van der Waals surface area contributed by atoms with Crippen LogP contribution in [0.25, 0.3) is 22.2 Å². The molecule has 0 aliphatic carbocycles. The summed E-state index contributed by atoms with van der Waals surface area (Å²) in [6.07, 6.45) is 5.47. The number of hydrogen-bond donors (Lipinski definition) is 2. The summed E-state index contributed by atoms with van der Waals surface area (Å²) in [5, 5.41) is 12.8. The van der Waals surface area contributed by atoms with Gasteiger partial charge in [-0.3, -0.25) is 14.6 Å². The number of carbonyl (C=O) groups is 3. The molecule has 2 aromatic heterocycles. The van der Waals surface area contributed by atoms with Gasteiger partial charge in [0.2, 0.25) is 5.12 Å². The lowest BCUT2D eigenvalue weighted by molar-refractivity contribution is 0.0697. The summed E-state index contributed by atoms with van der Waals surface area (Å²) in [4.78, 5) is 47.6. The molecule has 1 atom stereocenters. The Morgan fingerprint density at radius 1 is 0.860 bits per heavy atom. The van der Waals surface area contributed by atoms with Crippen molar-refractivity contribution < 1.29 is 19.5 Å². The molecule has 9 heteroatoms. The van der Waals surface area contributed by atoms with Crippen molar-refractivity contribution in [3.8, 4) is 11.1 Å². The number of nitrogens with zero attached hydrogens (tertiary/aromatic N) is 3. The molecule has 0 aliphatic rings. The summed E-state index contributed by atoms with van der Waals surface area (Å²) in [7, 11) is 0. The molecular weight excluding hydrogens is 645 g/mol. The van der Waals surface area contributed by atoms with Crippen molar-refractivity contribution in [1.29, 1.82) is 0 Å². The standard InChI is InChI=1S/C41H38N4O4S/c1-3-9-37-44-38-27(2)22-32(24-36(38)45(37)25-29-14-16-30(17-15-29)34-12-7-8-13-35(34)40(47)48)39(46)43-33(23-28-10-5-4-6-11-28)26-50-41(49)31-18-20-42-21-19-31/h4-8,10-22,24,33H,3,9,23,25-26H2,1-2H3,(H,43,46)(H,47,48). The van der Waals surface area contributed by atoms with Crippen molar-refractivity contribution in [2.45, 2.75) is 45.7 Å². The average molecular weight is 683 g/mol. The molecular formula is C41H38N4O4S. The second kappa shape index (κ2) is 15.8. The minimum atomic E-state index is -0.961. The van der Waals surface area contributed by atoms with Crippen LogP contribution < -0.4 is 5.32 Å². The van der Waals surface area contributed by atoms with Gasteiger partial charge in [-0.05, 0) is 77.9 Å². The van der Waals surface area contributed by atoms with Crippen LogP contribution in [0.4, 0.5) is 0 Å². The number of imidazole rings is 1. The Morgan fingerprint density at radius 2 is 1.58 bits per heavy atom. The van der Waals surface area contributed by atoms with Crippen LogP contribution in [0.3, 0.4) is 0 Å². The van der Waals surface area contributed by atoms with Gasteiger partial charge >= 0.3 is 5.97 Å². The maximum Gasteiger partial charge on any atom is 0.336 e. The Labute approximate surface area is 295 Å². The first-order chi connectivity index (χ1) is 24.3. The zero-order valence-corrected chi connectivity index (χ0v) is 28.8. The third kappa shape index (κ3) is 8.01. The Morgan fingerprint density at radius 3 is 2.30 bits per heavy atom. The molecule has 0 saturated heterocycles. The van der Waals surface area contributed by atoms with Crippen LogP contribution in [-0.4, -0.2) is 48.4 Å². The highest BCUT2D eigenvalue weighted by atomic mass is 32.2.